The van der Waals surface area contributed by atoms with Gasteiger partial charge >= 0.3 is 6.18 Å². The Kier molecular flexibility index (Phi) is 4.70. The van der Waals surface area contributed by atoms with Gasteiger partial charge in [-0.2, -0.15) is 13.2 Å². The first-order chi connectivity index (χ1) is 9.39. The Morgan fingerprint density at radius 3 is 2.50 bits per heavy atom. The lowest BCUT2D eigenvalue weighted by molar-refractivity contribution is -0.138. The van der Waals surface area contributed by atoms with Gasteiger partial charge in [-0.05, 0) is 31.5 Å². The molecule has 1 saturated carbocycles. The van der Waals surface area contributed by atoms with Gasteiger partial charge in [-0.15, -0.1) is 0 Å². The third-order valence-corrected chi connectivity index (χ3v) is 4.00. The number of rotatable bonds is 3. The predicted molar refractivity (Wildman–Crippen MR) is 71.2 cm³/mol. The van der Waals surface area contributed by atoms with E-state index in [0.29, 0.717) is 0 Å². The first-order valence-corrected chi connectivity index (χ1v) is 6.93. The van der Waals surface area contributed by atoms with Crippen LogP contribution in [-0.2, 0) is 12.7 Å². The van der Waals surface area contributed by atoms with Crippen molar-refractivity contribution >= 4 is 0 Å². The average molecular weight is 287 g/mol. The molecule has 0 radical (unpaired) electrons. The highest BCUT2D eigenvalue weighted by Crippen LogP contribution is 2.33. The number of hydrogen-bond acceptors (Lipinski definition) is 2. The molecule has 0 bridgehead atoms. The van der Waals surface area contributed by atoms with Crippen molar-refractivity contribution < 1.29 is 18.3 Å². The van der Waals surface area contributed by atoms with Crippen molar-refractivity contribution in [3.8, 4) is 0 Å². The summed E-state index contributed by atoms with van der Waals surface area (Å²) in [7, 11) is 1.78. The minimum atomic E-state index is -4.33. The molecule has 1 aliphatic rings. The van der Waals surface area contributed by atoms with Crippen LogP contribution in [0.5, 0.6) is 0 Å². The minimum Gasteiger partial charge on any atom is -0.391 e. The van der Waals surface area contributed by atoms with Crippen LogP contribution in [0, 0.1) is 0 Å². The zero-order valence-corrected chi connectivity index (χ0v) is 11.5. The Morgan fingerprint density at radius 1 is 1.20 bits per heavy atom. The van der Waals surface area contributed by atoms with Crippen LogP contribution in [0.1, 0.15) is 36.8 Å². The van der Waals surface area contributed by atoms with Crippen molar-refractivity contribution in [2.24, 2.45) is 0 Å². The van der Waals surface area contributed by atoms with Gasteiger partial charge in [-0.1, -0.05) is 31.0 Å². The molecule has 20 heavy (non-hydrogen) atoms. The molecule has 1 N–H and O–H groups in total. The molecule has 112 valence electrons. The van der Waals surface area contributed by atoms with Gasteiger partial charge in [-0.3, -0.25) is 4.90 Å². The lowest BCUT2D eigenvalue weighted by Crippen LogP contribution is -2.43. The van der Waals surface area contributed by atoms with E-state index in [4.69, 9.17) is 0 Å². The van der Waals surface area contributed by atoms with Crippen LogP contribution in [0.25, 0.3) is 0 Å². The second kappa shape index (κ2) is 6.14. The summed E-state index contributed by atoms with van der Waals surface area (Å²) in [5, 5.41) is 9.98. The Bertz CT molecular complexity index is 447. The second-order valence-corrected chi connectivity index (χ2v) is 5.49. The largest absolute Gasteiger partial charge is 0.416 e. The second-order valence-electron chi connectivity index (χ2n) is 5.49. The van der Waals surface area contributed by atoms with Crippen LogP contribution < -0.4 is 0 Å². The Balaban J connectivity index is 2.13. The van der Waals surface area contributed by atoms with Crippen LogP contribution in [0.3, 0.4) is 0 Å². The number of likely N-dealkylation sites (N-methyl/N-ethyl adjacent to an activating group) is 1. The summed E-state index contributed by atoms with van der Waals surface area (Å²) in [4.78, 5) is 1.84. The molecule has 2 rings (SSSR count). The molecule has 0 saturated heterocycles. The van der Waals surface area contributed by atoms with E-state index >= 15 is 0 Å². The highest BCUT2D eigenvalue weighted by atomic mass is 19.4. The van der Waals surface area contributed by atoms with E-state index in [1.807, 2.05) is 4.90 Å². The number of halogens is 3. The lowest BCUT2D eigenvalue weighted by Gasteiger charge is -2.35. The van der Waals surface area contributed by atoms with Crippen LogP contribution in [0.15, 0.2) is 24.3 Å². The maximum atomic E-state index is 12.9. The summed E-state index contributed by atoms with van der Waals surface area (Å²) < 4.78 is 38.8. The molecule has 2 unspecified atom stereocenters. The zero-order valence-electron chi connectivity index (χ0n) is 11.5. The number of hydrogen-bond donors (Lipinski definition) is 1. The van der Waals surface area contributed by atoms with E-state index < -0.39 is 17.8 Å². The lowest BCUT2D eigenvalue weighted by atomic mass is 9.91. The van der Waals surface area contributed by atoms with Gasteiger partial charge in [0.05, 0.1) is 11.7 Å². The van der Waals surface area contributed by atoms with Crippen LogP contribution >= 0.6 is 0 Å². The summed E-state index contributed by atoms with van der Waals surface area (Å²) >= 11 is 0. The molecule has 0 aliphatic heterocycles. The smallest absolute Gasteiger partial charge is 0.391 e. The van der Waals surface area contributed by atoms with Crippen molar-refractivity contribution in [1.29, 1.82) is 0 Å². The molecular formula is C15H20F3NO. The standard InChI is InChI=1S/C15H20F3NO/c1-19(13-8-4-5-9-14(13)20)10-11-6-2-3-7-12(11)15(16,17)18/h2-3,6-7,13-14,20H,4-5,8-10H2,1H3. The number of alkyl halides is 3. The molecule has 1 aromatic rings. The molecule has 0 aromatic heterocycles. The van der Waals surface area contributed by atoms with Gasteiger partial charge in [-0.25, -0.2) is 0 Å². The van der Waals surface area contributed by atoms with Gasteiger partial charge in [0, 0.05) is 12.6 Å². The highest BCUT2D eigenvalue weighted by molar-refractivity contribution is 5.29. The van der Waals surface area contributed by atoms with Crippen molar-refractivity contribution in [3.05, 3.63) is 35.4 Å². The first-order valence-electron chi connectivity index (χ1n) is 6.93. The van der Waals surface area contributed by atoms with Crippen LogP contribution in [-0.4, -0.2) is 29.2 Å². The van der Waals surface area contributed by atoms with Crippen molar-refractivity contribution in [2.45, 2.75) is 50.6 Å². The SMILES string of the molecule is CN(Cc1ccccc1C(F)(F)F)C1CCCCC1O. The van der Waals surface area contributed by atoms with Gasteiger partial charge < -0.3 is 5.11 Å². The van der Waals surface area contributed by atoms with Crippen molar-refractivity contribution in [3.63, 3.8) is 0 Å². The molecule has 1 aromatic carbocycles. The third kappa shape index (κ3) is 3.52. The molecule has 2 nitrogen and oxygen atoms in total. The fraction of sp³-hybridized carbons (Fsp3) is 0.600. The molecule has 1 aliphatic carbocycles. The summed E-state index contributed by atoms with van der Waals surface area (Å²) in [6, 6.07) is 5.59. The zero-order chi connectivity index (χ0) is 14.8. The Hall–Kier alpha value is -1.07. The summed E-state index contributed by atoms with van der Waals surface area (Å²) in [6.07, 6.45) is -1.19. The topological polar surface area (TPSA) is 23.5 Å². The fourth-order valence-electron chi connectivity index (χ4n) is 2.93. The van der Waals surface area contributed by atoms with E-state index in [1.165, 1.54) is 12.1 Å². The molecule has 1 fully saturated rings. The maximum absolute atomic E-state index is 12.9. The molecule has 5 heteroatoms. The van der Waals surface area contributed by atoms with E-state index in [1.54, 1.807) is 13.1 Å². The van der Waals surface area contributed by atoms with Gasteiger partial charge in [0.15, 0.2) is 0 Å². The quantitative estimate of drug-likeness (QED) is 0.920. The van der Waals surface area contributed by atoms with E-state index in [0.717, 1.165) is 31.7 Å². The number of benzene rings is 1. The highest BCUT2D eigenvalue weighted by Gasteiger charge is 2.34. The van der Waals surface area contributed by atoms with Gasteiger partial charge in [0.25, 0.3) is 0 Å². The molecule has 2 atom stereocenters. The summed E-state index contributed by atoms with van der Waals surface area (Å²) in [5.41, 5.74) is -0.322. The van der Waals surface area contributed by atoms with Crippen LogP contribution in [0.2, 0.25) is 0 Å². The Labute approximate surface area is 117 Å². The maximum Gasteiger partial charge on any atom is 0.416 e. The van der Waals surface area contributed by atoms with Crippen molar-refractivity contribution in [2.75, 3.05) is 7.05 Å². The molecule has 0 amide bonds. The van der Waals surface area contributed by atoms with Crippen LogP contribution in [0.4, 0.5) is 13.2 Å². The number of aliphatic hydroxyl groups excluding tert-OH is 1. The summed E-state index contributed by atoms with van der Waals surface area (Å²) in [6.45, 7) is 0.206. The minimum absolute atomic E-state index is 0.0509. The number of nitrogens with zero attached hydrogens (tertiary/aromatic N) is 1. The third-order valence-electron chi connectivity index (χ3n) is 4.00. The van der Waals surface area contributed by atoms with E-state index in [-0.39, 0.29) is 18.2 Å². The summed E-state index contributed by atoms with van der Waals surface area (Å²) in [5.74, 6) is 0. The normalized spacial score (nSPS) is 24.1. The van der Waals surface area contributed by atoms with Gasteiger partial charge in [0.2, 0.25) is 0 Å². The predicted octanol–water partition coefficient (Wildman–Crippen LogP) is 3.44. The van der Waals surface area contributed by atoms with Gasteiger partial charge in [0.1, 0.15) is 0 Å². The monoisotopic (exact) mass is 287 g/mol. The van der Waals surface area contributed by atoms with E-state index in [2.05, 4.69) is 0 Å². The number of aliphatic hydroxyl groups is 1. The van der Waals surface area contributed by atoms with E-state index in [9.17, 15) is 18.3 Å². The fourth-order valence-corrected chi connectivity index (χ4v) is 2.93. The molecule has 0 heterocycles. The first kappa shape index (κ1) is 15.3. The molecular weight excluding hydrogens is 267 g/mol. The molecule has 0 spiro atoms. The Morgan fingerprint density at radius 2 is 1.85 bits per heavy atom. The average Bonchev–Trinajstić information content (AvgIpc) is 2.38. The van der Waals surface area contributed by atoms with Crippen molar-refractivity contribution in [1.82, 2.24) is 4.90 Å².